The maximum absolute atomic E-state index is 13.1. The van der Waals surface area contributed by atoms with E-state index in [0.717, 1.165) is 5.56 Å². The molecular weight excluding hydrogens is 387 g/mol. The Bertz CT molecular complexity index is 1080. The molecule has 7 nitrogen and oxygen atoms in total. The van der Waals surface area contributed by atoms with Crippen LogP contribution < -0.4 is 4.74 Å². The number of hydrogen-bond acceptors (Lipinski definition) is 5. The van der Waals surface area contributed by atoms with Crippen LogP contribution in [0.1, 0.15) is 28.8 Å². The van der Waals surface area contributed by atoms with E-state index in [1.165, 1.54) is 12.1 Å². The number of hydrogen-bond donors (Lipinski definition) is 1. The highest BCUT2D eigenvalue weighted by Gasteiger charge is 2.44. The van der Waals surface area contributed by atoms with Gasteiger partial charge >= 0.3 is 0 Å². The van der Waals surface area contributed by atoms with E-state index in [0.29, 0.717) is 42.9 Å². The number of aliphatic hydroxyl groups is 1. The molecular formula is C22H23FN4O3. The topological polar surface area (TPSA) is 80.0 Å². The molecule has 0 bridgehead atoms. The highest BCUT2D eigenvalue weighted by molar-refractivity contribution is 5.99. The van der Waals surface area contributed by atoms with Gasteiger partial charge < -0.3 is 14.7 Å². The van der Waals surface area contributed by atoms with Crippen molar-refractivity contribution in [2.24, 2.45) is 11.8 Å². The third-order valence-electron chi connectivity index (χ3n) is 6.19. The number of nitrogens with zero attached hydrogens (tertiary/aromatic N) is 4. The standard InChI is InChI=1S/C22H23FN4O3/c1-13-8-24-21-18(9-25-27(21)10-13)22(29)26-11-14-6-19(28)20(7-15(14)12-26)30-17-4-2-16(23)3-5-17/h2-5,8-10,14-15,19-20,28H,6-7,11-12H2,1H3/t14-,15+,19+,20+/m0/s1. The lowest BCUT2D eigenvalue weighted by Crippen LogP contribution is -2.42. The second-order valence-corrected chi connectivity index (χ2v) is 8.34. The Morgan fingerprint density at radius 3 is 2.67 bits per heavy atom. The molecule has 2 fully saturated rings. The summed E-state index contributed by atoms with van der Waals surface area (Å²) in [6.45, 7) is 3.15. The fraction of sp³-hybridized carbons (Fsp3) is 0.409. The minimum absolute atomic E-state index is 0.0822. The third-order valence-corrected chi connectivity index (χ3v) is 6.19. The first-order valence-corrected chi connectivity index (χ1v) is 10.2. The van der Waals surface area contributed by atoms with Crippen LogP contribution >= 0.6 is 0 Å². The van der Waals surface area contributed by atoms with Gasteiger partial charge in [-0.25, -0.2) is 13.9 Å². The Morgan fingerprint density at radius 1 is 1.17 bits per heavy atom. The number of aromatic nitrogens is 3. The van der Waals surface area contributed by atoms with Crippen LogP contribution in [-0.2, 0) is 0 Å². The Kier molecular flexibility index (Phi) is 4.66. The van der Waals surface area contributed by atoms with Gasteiger partial charge in [0.25, 0.3) is 5.91 Å². The van der Waals surface area contributed by atoms with E-state index in [-0.39, 0.29) is 29.7 Å². The largest absolute Gasteiger partial charge is 0.488 e. The van der Waals surface area contributed by atoms with Crippen LogP contribution in [0.25, 0.3) is 5.65 Å². The van der Waals surface area contributed by atoms with Crippen LogP contribution in [0.3, 0.4) is 0 Å². The summed E-state index contributed by atoms with van der Waals surface area (Å²) in [6.07, 6.45) is 5.39. The first-order chi connectivity index (χ1) is 14.5. The molecule has 0 unspecified atom stereocenters. The Labute approximate surface area is 173 Å². The van der Waals surface area contributed by atoms with Gasteiger partial charge in [0.2, 0.25) is 0 Å². The van der Waals surface area contributed by atoms with Gasteiger partial charge in [-0.2, -0.15) is 5.10 Å². The maximum Gasteiger partial charge on any atom is 0.259 e. The number of rotatable bonds is 3. The molecule has 1 saturated heterocycles. The molecule has 1 amide bonds. The molecule has 30 heavy (non-hydrogen) atoms. The summed E-state index contributed by atoms with van der Waals surface area (Å²) in [5.41, 5.74) is 2.02. The van der Waals surface area contributed by atoms with E-state index in [9.17, 15) is 14.3 Å². The molecule has 8 heteroatoms. The summed E-state index contributed by atoms with van der Waals surface area (Å²) in [7, 11) is 0. The van der Waals surface area contributed by atoms with Gasteiger partial charge in [0.05, 0.1) is 12.3 Å². The van der Waals surface area contributed by atoms with E-state index >= 15 is 0 Å². The Morgan fingerprint density at radius 2 is 1.90 bits per heavy atom. The number of fused-ring (bicyclic) bond motifs is 2. The number of carbonyl (C=O) groups is 1. The summed E-state index contributed by atoms with van der Waals surface area (Å²) in [6, 6.07) is 5.82. The van der Waals surface area contributed by atoms with Crippen molar-refractivity contribution >= 4 is 11.6 Å². The van der Waals surface area contributed by atoms with E-state index in [2.05, 4.69) is 10.1 Å². The quantitative estimate of drug-likeness (QED) is 0.718. The number of halogens is 1. The van der Waals surface area contributed by atoms with Gasteiger partial charge in [-0.15, -0.1) is 0 Å². The average Bonchev–Trinajstić information content (AvgIpc) is 3.33. The maximum atomic E-state index is 13.1. The molecule has 0 spiro atoms. The van der Waals surface area contributed by atoms with E-state index in [1.807, 2.05) is 18.0 Å². The van der Waals surface area contributed by atoms with Crippen LogP contribution in [-0.4, -0.2) is 55.8 Å². The van der Waals surface area contributed by atoms with E-state index in [1.54, 1.807) is 29.0 Å². The molecule has 156 valence electrons. The van der Waals surface area contributed by atoms with Crippen molar-refractivity contribution in [3.63, 3.8) is 0 Å². The van der Waals surface area contributed by atoms with Crippen molar-refractivity contribution in [2.75, 3.05) is 13.1 Å². The second-order valence-electron chi connectivity index (χ2n) is 8.34. The predicted octanol–water partition coefficient (Wildman–Crippen LogP) is 2.47. The predicted molar refractivity (Wildman–Crippen MR) is 107 cm³/mol. The van der Waals surface area contributed by atoms with Crippen molar-refractivity contribution in [3.05, 3.63) is 59.8 Å². The second kappa shape index (κ2) is 7.36. The molecule has 3 aromatic rings. The highest BCUT2D eigenvalue weighted by Crippen LogP contribution is 2.38. The van der Waals surface area contributed by atoms with Crippen LogP contribution in [0, 0.1) is 24.6 Å². The molecule has 1 saturated carbocycles. The molecule has 4 atom stereocenters. The lowest BCUT2D eigenvalue weighted by Gasteiger charge is -2.35. The number of likely N-dealkylation sites (tertiary alicyclic amines) is 1. The smallest absolute Gasteiger partial charge is 0.259 e. The number of ether oxygens (including phenoxy) is 1. The molecule has 1 N–H and O–H groups in total. The lowest BCUT2D eigenvalue weighted by molar-refractivity contribution is -0.0231. The third kappa shape index (κ3) is 3.41. The van der Waals surface area contributed by atoms with Crippen LogP contribution in [0.15, 0.2) is 42.9 Å². The number of carbonyl (C=O) groups excluding carboxylic acids is 1. The van der Waals surface area contributed by atoms with Crippen molar-refractivity contribution in [3.8, 4) is 5.75 Å². The number of amides is 1. The molecule has 3 heterocycles. The zero-order valence-electron chi connectivity index (χ0n) is 16.6. The Hall–Kier alpha value is -3.00. The van der Waals surface area contributed by atoms with Crippen molar-refractivity contribution in [1.82, 2.24) is 19.5 Å². The fourth-order valence-electron chi connectivity index (χ4n) is 4.66. The van der Waals surface area contributed by atoms with Crippen LogP contribution in [0.2, 0.25) is 0 Å². The lowest BCUT2D eigenvalue weighted by atomic mass is 9.78. The van der Waals surface area contributed by atoms with E-state index in [4.69, 9.17) is 4.74 Å². The van der Waals surface area contributed by atoms with Gasteiger partial charge in [-0.05, 0) is 61.4 Å². The minimum atomic E-state index is -0.618. The summed E-state index contributed by atoms with van der Waals surface area (Å²) in [4.78, 5) is 19.3. The first-order valence-electron chi connectivity index (χ1n) is 10.2. The zero-order chi connectivity index (χ0) is 20.8. The summed E-state index contributed by atoms with van der Waals surface area (Å²) < 4.78 is 20.7. The van der Waals surface area contributed by atoms with Gasteiger partial charge in [0.15, 0.2) is 5.65 Å². The minimum Gasteiger partial charge on any atom is -0.488 e. The monoisotopic (exact) mass is 410 g/mol. The zero-order valence-corrected chi connectivity index (χ0v) is 16.6. The summed E-state index contributed by atoms with van der Waals surface area (Å²) >= 11 is 0. The van der Waals surface area contributed by atoms with Crippen LogP contribution in [0.5, 0.6) is 5.75 Å². The number of aliphatic hydroxyl groups excluding tert-OH is 1. The SMILES string of the molecule is Cc1cnc2c(C(=O)N3C[C@H]4C[C@@H](Oc5ccc(F)cc5)[C@H](O)C[C@H]4C3)cnn2c1. The first kappa shape index (κ1) is 19.0. The molecule has 2 aliphatic rings. The normalized spacial score (nSPS) is 26.0. The fourth-order valence-corrected chi connectivity index (χ4v) is 4.66. The molecule has 1 aliphatic heterocycles. The van der Waals surface area contributed by atoms with Gasteiger partial charge in [0.1, 0.15) is 23.2 Å². The number of aryl methyl sites for hydroxylation is 1. The van der Waals surface area contributed by atoms with Crippen molar-refractivity contribution < 1.29 is 19.0 Å². The highest BCUT2D eigenvalue weighted by atomic mass is 19.1. The van der Waals surface area contributed by atoms with Crippen molar-refractivity contribution in [2.45, 2.75) is 32.0 Å². The Balaban J connectivity index is 1.29. The van der Waals surface area contributed by atoms with Crippen molar-refractivity contribution in [1.29, 1.82) is 0 Å². The van der Waals surface area contributed by atoms with E-state index < -0.39 is 6.10 Å². The number of benzene rings is 1. The molecule has 2 aromatic heterocycles. The molecule has 1 aliphatic carbocycles. The molecule has 1 aromatic carbocycles. The molecule has 5 rings (SSSR count). The van der Waals surface area contributed by atoms with Gasteiger partial charge in [-0.1, -0.05) is 0 Å². The summed E-state index contributed by atoms with van der Waals surface area (Å²) in [5, 5.41) is 14.8. The van der Waals surface area contributed by atoms with Crippen LogP contribution in [0.4, 0.5) is 4.39 Å². The summed E-state index contributed by atoms with van der Waals surface area (Å²) in [5.74, 6) is 0.613. The van der Waals surface area contributed by atoms with Gasteiger partial charge in [0, 0.05) is 25.5 Å². The average molecular weight is 410 g/mol. The molecule has 0 radical (unpaired) electrons. The van der Waals surface area contributed by atoms with Gasteiger partial charge in [-0.3, -0.25) is 4.79 Å².